The van der Waals surface area contributed by atoms with Crippen molar-refractivity contribution < 1.29 is 14.0 Å². The highest BCUT2D eigenvalue weighted by atomic mass is 35.5. The third kappa shape index (κ3) is 2.98. The first-order chi connectivity index (χ1) is 10.1. The normalized spacial score (nSPS) is 26.8. The van der Waals surface area contributed by atoms with Gasteiger partial charge in [0, 0.05) is 6.54 Å². The highest BCUT2D eigenvalue weighted by Gasteiger charge is 2.49. The average molecular weight is 328 g/mol. The summed E-state index contributed by atoms with van der Waals surface area (Å²) in [6.07, 6.45) is 4.38. The Morgan fingerprint density at radius 1 is 1.41 bits per heavy atom. The van der Waals surface area contributed by atoms with Crippen LogP contribution >= 0.6 is 12.4 Å². The summed E-state index contributed by atoms with van der Waals surface area (Å²) in [5.41, 5.74) is 4.87. The van der Waals surface area contributed by atoms with E-state index in [4.69, 9.17) is 10.2 Å². The Morgan fingerprint density at radius 2 is 2.23 bits per heavy atom. The lowest BCUT2D eigenvalue weighted by Crippen LogP contribution is -2.47. The molecule has 2 atom stereocenters. The van der Waals surface area contributed by atoms with Crippen LogP contribution in [0.15, 0.2) is 16.5 Å². The summed E-state index contributed by atoms with van der Waals surface area (Å²) in [5.74, 6) is 0.596. The Labute approximate surface area is 135 Å². The summed E-state index contributed by atoms with van der Waals surface area (Å²) >= 11 is 0. The molecule has 1 saturated carbocycles. The summed E-state index contributed by atoms with van der Waals surface area (Å²) in [4.78, 5) is 23.6. The fraction of sp³-hybridized carbons (Fsp3) is 0.600. The summed E-state index contributed by atoms with van der Waals surface area (Å²) < 4.78 is 5.29. The molecule has 1 aromatic rings. The second-order valence-electron chi connectivity index (χ2n) is 6.04. The van der Waals surface area contributed by atoms with Gasteiger partial charge in [0.05, 0.1) is 12.0 Å². The molecule has 2 heterocycles. The van der Waals surface area contributed by atoms with Gasteiger partial charge in [0.1, 0.15) is 5.76 Å². The Bertz CT molecular complexity index is 560. The van der Waals surface area contributed by atoms with Crippen LogP contribution in [0.5, 0.6) is 0 Å². The second kappa shape index (κ2) is 6.71. The average Bonchev–Trinajstić information content (AvgIpc) is 3.12. The van der Waals surface area contributed by atoms with Gasteiger partial charge < -0.3 is 20.8 Å². The minimum absolute atomic E-state index is 0. The van der Waals surface area contributed by atoms with Crippen molar-refractivity contribution in [2.75, 3.05) is 13.1 Å². The molecule has 2 aliphatic rings. The van der Waals surface area contributed by atoms with E-state index in [1.165, 1.54) is 12.5 Å². The van der Waals surface area contributed by atoms with Crippen LogP contribution in [0, 0.1) is 11.3 Å². The van der Waals surface area contributed by atoms with Crippen LogP contribution < -0.4 is 16.4 Å². The minimum atomic E-state index is -0.599. The third-order valence-corrected chi connectivity index (χ3v) is 4.82. The van der Waals surface area contributed by atoms with Gasteiger partial charge in [-0.05, 0) is 37.4 Å². The lowest BCUT2D eigenvalue weighted by molar-refractivity contribution is -0.134. The molecule has 0 spiro atoms. The van der Waals surface area contributed by atoms with E-state index in [9.17, 15) is 9.59 Å². The van der Waals surface area contributed by atoms with Crippen LogP contribution in [-0.4, -0.2) is 24.9 Å². The molecule has 6 nitrogen and oxygen atoms in total. The Hall–Kier alpha value is -1.53. The summed E-state index contributed by atoms with van der Waals surface area (Å²) in [7, 11) is 0. The lowest BCUT2D eigenvalue weighted by Gasteiger charge is -2.37. The van der Waals surface area contributed by atoms with Gasteiger partial charge in [0.2, 0.25) is 5.91 Å². The maximum Gasteiger partial charge on any atom is 0.284 e. The zero-order valence-corrected chi connectivity index (χ0v) is 13.2. The summed E-state index contributed by atoms with van der Waals surface area (Å²) in [5, 5.41) is 6.32. The fourth-order valence-corrected chi connectivity index (χ4v) is 3.64. The van der Waals surface area contributed by atoms with Crippen molar-refractivity contribution in [1.29, 1.82) is 0 Å². The molecule has 1 aliphatic carbocycles. The van der Waals surface area contributed by atoms with Crippen molar-refractivity contribution in [3.63, 3.8) is 0 Å². The molecule has 2 fully saturated rings. The third-order valence-electron chi connectivity index (χ3n) is 4.82. The Kier molecular flexibility index (Phi) is 5.13. The molecule has 7 heteroatoms. The number of carbonyl (C=O) groups is 2. The molecular formula is C15H22ClN3O3. The topological polar surface area (TPSA) is 97.4 Å². The van der Waals surface area contributed by atoms with Crippen LogP contribution in [0.25, 0.3) is 0 Å². The molecule has 0 aromatic carbocycles. The highest BCUT2D eigenvalue weighted by Crippen LogP contribution is 2.43. The number of hydrogen-bond donors (Lipinski definition) is 3. The monoisotopic (exact) mass is 327 g/mol. The first kappa shape index (κ1) is 16.8. The molecule has 1 aromatic heterocycles. The van der Waals surface area contributed by atoms with E-state index < -0.39 is 5.91 Å². The van der Waals surface area contributed by atoms with Gasteiger partial charge in [-0.2, -0.15) is 0 Å². The standard InChI is InChI=1S/C15H21N3O3.ClH/c16-13(19)12-5-4-11(21-12)8-18-14(20)15-6-2-1-3-10(15)7-17-9-15;/h4-5,10,17H,1-3,6-9H2,(H2,16,19)(H,18,20);1H/t10-,15+;/m0./s1. The van der Waals surface area contributed by atoms with E-state index in [-0.39, 0.29) is 29.5 Å². The van der Waals surface area contributed by atoms with E-state index in [0.29, 0.717) is 18.2 Å². The largest absolute Gasteiger partial charge is 0.454 e. The second-order valence-corrected chi connectivity index (χ2v) is 6.04. The van der Waals surface area contributed by atoms with Crippen molar-refractivity contribution in [2.45, 2.75) is 32.2 Å². The number of primary amides is 1. The lowest BCUT2D eigenvalue weighted by atomic mass is 9.67. The number of nitrogens with two attached hydrogens (primary N) is 1. The molecule has 122 valence electrons. The fourth-order valence-electron chi connectivity index (χ4n) is 3.64. The number of carbonyl (C=O) groups excluding carboxylic acids is 2. The zero-order chi connectivity index (χ0) is 14.9. The number of nitrogens with one attached hydrogen (secondary N) is 2. The number of fused-ring (bicyclic) bond motifs is 1. The number of amides is 2. The predicted octanol–water partition coefficient (Wildman–Crippen LogP) is 1.20. The van der Waals surface area contributed by atoms with Crippen LogP contribution in [0.2, 0.25) is 0 Å². The van der Waals surface area contributed by atoms with Crippen molar-refractivity contribution in [3.8, 4) is 0 Å². The minimum Gasteiger partial charge on any atom is -0.454 e. The number of halogens is 1. The van der Waals surface area contributed by atoms with E-state index in [2.05, 4.69) is 10.6 Å². The van der Waals surface area contributed by atoms with E-state index in [0.717, 1.165) is 32.4 Å². The quantitative estimate of drug-likeness (QED) is 0.774. The smallest absolute Gasteiger partial charge is 0.284 e. The van der Waals surface area contributed by atoms with Gasteiger partial charge in [0.25, 0.3) is 5.91 Å². The maximum absolute atomic E-state index is 12.6. The Balaban J connectivity index is 0.00000176. The first-order valence-corrected chi connectivity index (χ1v) is 7.49. The molecule has 2 amide bonds. The number of furan rings is 1. The summed E-state index contributed by atoms with van der Waals surface area (Å²) in [6, 6.07) is 3.20. The van der Waals surface area contributed by atoms with E-state index >= 15 is 0 Å². The van der Waals surface area contributed by atoms with Crippen LogP contribution in [0.4, 0.5) is 0 Å². The van der Waals surface area contributed by atoms with Gasteiger partial charge in [-0.1, -0.05) is 12.8 Å². The van der Waals surface area contributed by atoms with Crippen LogP contribution in [-0.2, 0) is 11.3 Å². The molecule has 22 heavy (non-hydrogen) atoms. The molecular weight excluding hydrogens is 306 g/mol. The summed E-state index contributed by atoms with van der Waals surface area (Å²) in [6.45, 7) is 1.98. The number of hydrogen-bond acceptors (Lipinski definition) is 4. The van der Waals surface area contributed by atoms with Gasteiger partial charge in [-0.15, -0.1) is 12.4 Å². The van der Waals surface area contributed by atoms with Gasteiger partial charge in [-0.25, -0.2) is 0 Å². The molecule has 3 rings (SSSR count). The maximum atomic E-state index is 12.6. The van der Waals surface area contributed by atoms with Crippen molar-refractivity contribution >= 4 is 24.2 Å². The zero-order valence-electron chi connectivity index (χ0n) is 12.4. The van der Waals surface area contributed by atoms with Crippen molar-refractivity contribution in [2.24, 2.45) is 17.1 Å². The van der Waals surface area contributed by atoms with Gasteiger partial charge in [-0.3, -0.25) is 9.59 Å². The Morgan fingerprint density at radius 3 is 2.95 bits per heavy atom. The molecule has 4 N–H and O–H groups in total. The first-order valence-electron chi connectivity index (χ1n) is 7.49. The highest BCUT2D eigenvalue weighted by molar-refractivity contribution is 5.89. The van der Waals surface area contributed by atoms with Crippen molar-refractivity contribution in [3.05, 3.63) is 23.7 Å². The molecule has 0 unspecified atom stereocenters. The molecule has 1 aliphatic heterocycles. The SMILES string of the molecule is Cl.NC(=O)c1ccc(CNC(=O)[C@@]23CCCC[C@H]2CNC3)o1. The molecule has 0 radical (unpaired) electrons. The van der Waals surface area contributed by atoms with Crippen molar-refractivity contribution in [1.82, 2.24) is 10.6 Å². The molecule has 0 bridgehead atoms. The van der Waals surface area contributed by atoms with E-state index in [1.807, 2.05) is 0 Å². The molecule has 1 saturated heterocycles. The predicted molar refractivity (Wildman–Crippen MR) is 83.6 cm³/mol. The van der Waals surface area contributed by atoms with Gasteiger partial charge in [0.15, 0.2) is 5.76 Å². The van der Waals surface area contributed by atoms with Crippen LogP contribution in [0.1, 0.15) is 42.0 Å². The van der Waals surface area contributed by atoms with E-state index in [1.54, 1.807) is 6.07 Å². The number of rotatable bonds is 4. The van der Waals surface area contributed by atoms with Gasteiger partial charge >= 0.3 is 0 Å². The van der Waals surface area contributed by atoms with Crippen LogP contribution in [0.3, 0.4) is 0 Å².